The number of thiophene rings is 1. The van der Waals surface area contributed by atoms with E-state index in [1.54, 1.807) is 29.8 Å². The van der Waals surface area contributed by atoms with Gasteiger partial charge in [-0.3, -0.25) is 0 Å². The summed E-state index contributed by atoms with van der Waals surface area (Å²) in [6.07, 6.45) is 2.27. The van der Waals surface area contributed by atoms with E-state index >= 15 is 0 Å². The van der Waals surface area contributed by atoms with Crippen LogP contribution in [0, 0.1) is 0 Å². The minimum atomic E-state index is -0.381. The molecule has 0 bridgehead atoms. The highest BCUT2D eigenvalue weighted by atomic mass is 35.5. The van der Waals surface area contributed by atoms with E-state index in [-0.39, 0.29) is 41.6 Å². The van der Waals surface area contributed by atoms with Crippen molar-refractivity contribution in [3.63, 3.8) is 0 Å². The van der Waals surface area contributed by atoms with E-state index in [1.807, 2.05) is 83.3 Å². The van der Waals surface area contributed by atoms with Crippen LogP contribution in [0.15, 0.2) is 58.9 Å². The van der Waals surface area contributed by atoms with Crippen LogP contribution in [0.4, 0.5) is 10.7 Å². The number of aromatic hydroxyl groups is 1. The Hall–Kier alpha value is -2.83. The highest BCUT2D eigenvalue weighted by Crippen LogP contribution is 2.39. The van der Waals surface area contributed by atoms with Gasteiger partial charge in [-0.15, -0.1) is 23.7 Å². The average molecular weight is 515 g/mol. The van der Waals surface area contributed by atoms with Gasteiger partial charge in [-0.1, -0.05) is 53.7 Å². The van der Waals surface area contributed by atoms with E-state index in [1.165, 1.54) is 0 Å². The van der Waals surface area contributed by atoms with E-state index < -0.39 is 0 Å². The molecule has 188 valence electrons. The van der Waals surface area contributed by atoms with Crippen molar-refractivity contribution in [2.24, 2.45) is 4.99 Å². The van der Waals surface area contributed by atoms with Crippen molar-refractivity contribution in [1.29, 1.82) is 0 Å². The zero-order valence-electron chi connectivity index (χ0n) is 21.2. The van der Waals surface area contributed by atoms with Crippen molar-refractivity contribution in [2.45, 2.75) is 58.8 Å². The summed E-state index contributed by atoms with van der Waals surface area (Å²) >= 11 is 1.58. The standard InChI is InChI=1S/C28H34N2O3S.ClH/c1-27(2,3)22-16-20(17-23(25(22)31)28(4,5)6)26(32)33-13-12-19-9-7-10-21(15-19)29-18-30-24-11-8-14-34-24;/h7-11,14-18,31H,12-13H2,1-6H3,(H,29,30);1H. The molecule has 0 aliphatic rings. The lowest BCUT2D eigenvalue weighted by molar-refractivity contribution is 0.0509. The number of nitrogens with one attached hydrogen (secondary N) is 1. The Morgan fingerprint density at radius 3 is 2.26 bits per heavy atom. The zero-order valence-corrected chi connectivity index (χ0v) is 22.8. The third kappa shape index (κ3) is 7.84. The van der Waals surface area contributed by atoms with Crippen LogP contribution in [0.2, 0.25) is 0 Å². The number of ether oxygens (including phenoxy) is 1. The van der Waals surface area contributed by atoms with Crippen LogP contribution in [0.3, 0.4) is 0 Å². The minimum Gasteiger partial charge on any atom is -0.507 e. The highest BCUT2D eigenvalue weighted by Gasteiger charge is 2.28. The fraction of sp³-hybridized carbons (Fsp3) is 0.357. The third-order valence-electron chi connectivity index (χ3n) is 5.44. The zero-order chi connectivity index (χ0) is 24.9. The molecule has 0 unspecified atom stereocenters. The second-order valence-electron chi connectivity index (χ2n) is 10.4. The van der Waals surface area contributed by atoms with Crippen molar-refractivity contribution >= 4 is 46.7 Å². The molecule has 0 aliphatic heterocycles. The van der Waals surface area contributed by atoms with Gasteiger partial charge in [0.1, 0.15) is 10.8 Å². The first-order chi connectivity index (χ1) is 15.9. The SMILES string of the molecule is CC(C)(C)c1cc(C(=O)OCCc2cccc(N/C=N/c3cccs3)c2)cc(C(C)(C)C)c1O.Cl. The van der Waals surface area contributed by atoms with Crippen LogP contribution >= 0.6 is 23.7 Å². The summed E-state index contributed by atoms with van der Waals surface area (Å²) in [5.41, 5.74) is 3.32. The lowest BCUT2D eigenvalue weighted by Crippen LogP contribution is -2.19. The van der Waals surface area contributed by atoms with Gasteiger partial charge < -0.3 is 15.2 Å². The summed E-state index contributed by atoms with van der Waals surface area (Å²) in [6.45, 7) is 12.4. The quantitative estimate of drug-likeness (QED) is 0.193. The first kappa shape index (κ1) is 28.4. The Kier molecular flexibility index (Phi) is 9.52. The molecular weight excluding hydrogens is 480 g/mol. The van der Waals surface area contributed by atoms with Crippen molar-refractivity contribution in [3.8, 4) is 5.75 Å². The Morgan fingerprint density at radius 1 is 1.03 bits per heavy atom. The van der Waals surface area contributed by atoms with Gasteiger partial charge in [-0.2, -0.15) is 0 Å². The normalized spacial score (nSPS) is 11.8. The fourth-order valence-corrected chi connectivity index (χ4v) is 4.14. The van der Waals surface area contributed by atoms with Crippen LogP contribution in [0.25, 0.3) is 0 Å². The summed E-state index contributed by atoms with van der Waals surface area (Å²) in [7, 11) is 0. The molecule has 0 aliphatic carbocycles. The fourth-order valence-electron chi connectivity index (χ4n) is 3.57. The second kappa shape index (κ2) is 11.7. The number of esters is 1. The first-order valence-electron chi connectivity index (χ1n) is 11.4. The van der Waals surface area contributed by atoms with E-state index in [0.717, 1.165) is 27.4 Å². The summed E-state index contributed by atoms with van der Waals surface area (Å²) in [6, 6.07) is 15.4. The number of nitrogens with zero attached hydrogens (tertiary/aromatic N) is 1. The van der Waals surface area contributed by atoms with Crippen LogP contribution in [-0.2, 0) is 22.0 Å². The number of carbonyl (C=O) groups excluding carboxylic acids is 1. The number of carbonyl (C=O) groups is 1. The summed E-state index contributed by atoms with van der Waals surface area (Å²) in [5.74, 6) is -0.128. The van der Waals surface area contributed by atoms with Crippen LogP contribution in [0.1, 0.15) is 68.6 Å². The van der Waals surface area contributed by atoms with E-state index in [2.05, 4.69) is 10.3 Å². The predicted octanol–water partition coefficient (Wildman–Crippen LogP) is 7.64. The van der Waals surface area contributed by atoms with Gasteiger partial charge in [0.2, 0.25) is 0 Å². The molecule has 2 N–H and O–H groups in total. The van der Waals surface area contributed by atoms with Gasteiger partial charge in [-0.25, -0.2) is 9.79 Å². The molecule has 0 amide bonds. The van der Waals surface area contributed by atoms with E-state index in [0.29, 0.717) is 12.0 Å². The van der Waals surface area contributed by atoms with Gasteiger partial charge >= 0.3 is 5.97 Å². The summed E-state index contributed by atoms with van der Waals surface area (Å²) < 4.78 is 5.61. The van der Waals surface area contributed by atoms with Crippen molar-refractivity contribution < 1.29 is 14.6 Å². The largest absolute Gasteiger partial charge is 0.507 e. The number of phenolic OH excluding ortho intramolecular Hbond substituents is 1. The van der Waals surface area contributed by atoms with E-state index in [9.17, 15) is 9.90 Å². The molecule has 1 heterocycles. The molecule has 0 saturated carbocycles. The van der Waals surface area contributed by atoms with Crippen molar-refractivity contribution in [1.82, 2.24) is 0 Å². The van der Waals surface area contributed by atoms with Gasteiger partial charge in [0.05, 0.1) is 18.5 Å². The molecular formula is C28H35ClN2O3S. The van der Waals surface area contributed by atoms with E-state index in [4.69, 9.17) is 4.74 Å². The Morgan fingerprint density at radius 2 is 1.69 bits per heavy atom. The summed E-state index contributed by atoms with van der Waals surface area (Å²) in [4.78, 5) is 17.3. The molecule has 3 aromatic rings. The molecule has 2 aromatic carbocycles. The maximum absolute atomic E-state index is 12.9. The number of aliphatic imine (C=N–C) groups is 1. The van der Waals surface area contributed by atoms with Crippen LogP contribution < -0.4 is 5.32 Å². The topological polar surface area (TPSA) is 70.9 Å². The molecule has 0 fully saturated rings. The summed E-state index contributed by atoms with van der Waals surface area (Å²) in [5, 5.41) is 17.0. The lowest BCUT2D eigenvalue weighted by Gasteiger charge is -2.28. The number of hydrogen-bond acceptors (Lipinski definition) is 5. The monoisotopic (exact) mass is 514 g/mol. The maximum Gasteiger partial charge on any atom is 0.338 e. The van der Waals surface area contributed by atoms with Gasteiger partial charge in [-0.05, 0) is 58.2 Å². The number of rotatable bonds is 7. The molecule has 35 heavy (non-hydrogen) atoms. The minimum absolute atomic E-state index is 0. The average Bonchev–Trinajstić information content (AvgIpc) is 3.26. The van der Waals surface area contributed by atoms with Crippen molar-refractivity contribution in [3.05, 3.63) is 76.2 Å². The van der Waals surface area contributed by atoms with Crippen LogP contribution in [-0.4, -0.2) is 24.0 Å². The Labute approximate surface area is 218 Å². The Bertz CT molecular complexity index is 1120. The molecule has 1 aromatic heterocycles. The molecule has 3 rings (SSSR count). The van der Waals surface area contributed by atoms with Gasteiger partial charge in [0.15, 0.2) is 0 Å². The molecule has 5 nitrogen and oxygen atoms in total. The second-order valence-corrected chi connectivity index (χ2v) is 11.3. The molecule has 0 spiro atoms. The molecule has 0 saturated heterocycles. The van der Waals surface area contributed by atoms with Crippen LogP contribution in [0.5, 0.6) is 5.75 Å². The third-order valence-corrected chi connectivity index (χ3v) is 6.22. The Balaban J connectivity index is 0.00000432. The number of benzene rings is 2. The number of phenols is 1. The first-order valence-corrected chi connectivity index (χ1v) is 12.3. The predicted molar refractivity (Wildman–Crippen MR) is 149 cm³/mol. The van der Waals surface area contributed by atoms with Gasteiger partial charge in [0, 0.05) is 23.2 Å². The molecule has 0 radical (unpaired) electrons. The van der Waals surface area contributed by atoms with Crippen molar-refractivity contribution in [2.75, 3.05) is 11.9 Å². The number of halogens is 1. The number of hydrogen-bond donors (Lipinski definition) is 2. The lowest BCUT2D eigenvalue weighted by atomic mass is 9.78. The molecule has 0 atom stereocenters. The molecule has 7 heteroatoms. The highest BCUT2D eigenvalue weighted by molar-refractivity contribution is 7.13. The van der Waals surface area contributed by atoms with Gasteiger partial charge in [0.25, 0.3) is 0 Å². The smallest absolute Gasteiger partial charge is 0.338 e. The number of anilines is 1. The maximum atomic E-state index is 12.9.